The number of halogens is 2. The smallest absolute Gasteiger partial charge is 0.143 e. The minimum atomic E-state index is 0.164. The molecule has 0 amide bonds. The summed E-state index contributed by atoms with van der Waals surface area (Å²) in [5.41, 5.74) is 3.46. The first-order valence-corrected chi connectivity index (χ1v) is 7.90. The number of hydrogen-bond donors (Lipinski definition) is 1. The van der Waals surface area contributed by atoms with Crippen molar-refractivity contribution in [1.82, 2.24) is 0 Å². The van der Waals surface area contributed by atoms with Gasteiger partial charge in [-0.1, -0.05) is 42.3 Å². The minimum absolute atomic E-state index is 0.164. The van der Waals surface area contributed by atoms with Gasteiger partial charge in [0.15, 0.2) is 0 Å². The third-order valence-corrected chi connectivity index (χ3v) is 4.27. The van der Waals surface area contributed by atoms with E-state index in [9.17, 15) is 0 Å². The van der Waals surface area contributed by atoms with E-state index in [2.05, 4.69) is 36.5 Å². The topological polar surface area (TPSA) is 21.3 Å². The maximum absolute atomic E-state index is 6.22. The van der Waals surface area contributed by atoms with Crippen LogP contribution in [-0.4, -0.2) is 6.61 Å². The average molecular weight is 322 g/mol. The summed E-state index contributed by atoms with van der Waals surface area (Å²) >= 11 is 12.3. The summed E-state index contributed by atoms with van der Waals surface area (Å²) in [5, 5.41) is 4.76. The van der Waals surface area contributed by atoms with E-state index >= 15 is 0 Å². The SMILES string of the molecule is CCc1ccc(NC2CCOc3c(Cl)cc(Cl)cc32)cc1. The molecule has 0 spiro atoms. The second-order valence-electron chi connectivity index (χ2n) is 5.19. The molecule has 4 heteroatoms. The van der Waals surface area contributed by atoms with E-state index in [0.717, 1.165) is 29.8 Å². The second kappa shape index (κ2) is 6.17. The van der Waals surface area contributed by atoms with E-state index in [4.69, 9.17) is 27.9 Å². The molecule has 0 radical (unpaired) electrons. The lowest BCUT2D eigenvalue weighted by molar-refractivity contribution is 0.274. The molecule has 0 bridgehead atoms. The first-order chi connectivity index (χ1) is 10.2. The lowest BCUT2D eigenvalue weighted by atomic mass is 10.00. The Morgan fingerprint density at radius 2 is 1.95 bits per heavy atom. The highest BCUT2D eigenvalue weighted by Crippen LogP contribution is 2.41. The van der Waals surface area contributed by atoms with Gasteiger partial charge in [0, 0.05) is 22.7 Å². The number of aryl methyl sites for hydroxylation is 1. The van der Waals surface area contributed by atoms with Gasteiger partial charge in [-0.2, -0.15) is 0 Å². The Kier molecular flexibility index (Phi) is 4.27. The van der Waals surface area contributed by atoms with Crippen LogP contribution in [0.3, 0.4) is 0 Å². The predicted molar refractivity (Wildman–Crippen MR) is 88.8 cm³/mol. The van der Waals surface area contributed by atoms with Crippen LogP contribution in [0.2, 0.25) is 10.0 Å². The maximum atomic E-state index is 6.22. The van der Waals surface area contributed by atoms with Crippen molar-refractivity contribution in [2.45, 2.75) is 25.8 Å². The first kappa shape index (κ1) is 14.6. The molecule has 2 nitrogen and oxygen atoms in total. The van der Waals surface area contributed by atoms with Crippen molar-refractivity contribution >= 4 is 28.9 Å². The molecule has 2 aromatic rings. The van der Waals surface area contributed by atoms with Crippen LogP contribution in [0.1, 0.15) is 30.5 Å². The molecule has 3 rings (SSSR count). The first-order valence-electron chi connectivity index (χ1n) is 7.14. The molecule has 0 aliphatic carbocycles. The van der Waals surface area contributed by atoms with Crippen LogP contribution < -0.4 is 10.1 Å². The van der Waals surface area contributed by atoms with Crippen LogP contribution in [0.25, 0.3) is 0 Å². The second-order valence-corrected chi connectivity index (χ2v) is 6.03. The van der Waals surface area contributed by atoms with E-state index < -0.39 is 0 Å². The summed E-state index contributed by atoms with van der Waals surface area (Å²) in [6, 6.07) is 12.3. The van der Waals surface area contributed by atoms with Gasteiger partial charge in [0.05, 0.1) is 17.7 Å². The van der Waals surface area contributed by atoms with Crippen LogP contribution in [0.15, 0.2) is 36.4 Å². The Morgan fingerprint density at radius 1 is 1.19 bits per heavy atom. The predicted octanol–water partition coefficient (Wildman–Crippen LogP) is 5.49. The summed E-state index contributed by atoms with van der Waals surface area (Å²) in [6.07, 6.45) is 1.94. The van der Waals surface area contributed by atoms with Crippen LogP contribution >= 0.6 is 23.2 Å². The monoisotopic (exact) mass is 321 g/mol. The van der Waals surface area contributed by atoms with Gasteiger partial charge in [-0.3, -0.25) is 0 Å². The van der Waals surface area contributed by atoms with Gasteiger partial charge in [-0.15, -0.1) is 0 Å². The van der Waals surface area contributed by atoms with Crippen LogP contribution in [0.4, 0.5) is 5.69 Å². The van der Waals surface area contributed by atoms with Crippen LogP contribution in [0, 0.1) is 0 Å². The fourth-order valence-electron chi connectivity index (χ4n) is 2.61. The molecule has 21 heavy (non-hydrogen) atoms. The number of hydrogen-bond acceptors (Lipinski definition) is 2. The number of rotatable bonds is 3. The Labute approximate surface area is 135 Å². The number of fused-ring (bicyclic) bond motifs is 1. The van der Waals surface area contributed by atoms with Crippen molar-refractivity contribution < 1.29 is 4.74 Å². The number of ether oxygens (including phenoxy) is 1. The fourth-order valence-corrected chi connectivity index (χ4v) is 3.18. The fraction of sp³-hybridized carbons (Fsp3) is 0.294. The molecule has 0 aromatic heterocycles. The van der Waals surface area contributed by atoms with Crippen molar-refractivity contribution in [3.8, 4) is 5.75 Å². The number of nitrogens with one attached hydrogen (secondary N) is 1. The van der Waals surface area contributed by atoms with Gasteiger partial charge in [0.2, 0.25) is 0 Å². The number of anilines is 1. The summed E-state index contributed by atoms with van der Waals surface area (Å²) in [4.78, 5) is 0. The van der Waals surface area contributed by atoms with E-state index in [1.807, 2.05) is 6.07 Å². The Balaban J connectivity index is 1.87. The van der Waals surface area contributed by atoms with E-state index in [-0.39, 0.29) is 6.04 Å². The van der Waals surface area contributed by atoms with Crippen molar-refractivity contribution in [2.24, 2.45) is 0 Å². The minimum Gasteiger partial charge on any atom is -0.492 e. The summed E-state index contributed by atoms with van der Waals surface area (Å²) in [6.45, 7) is 2.81. The van der Waals surface area contributed by atoms with E-state index in [1.165, 1.54) is 5.56 Å². The zero-order chi connectivity index (χ0) is 14.8. The molecule has 2 aromatic carbocycles. The van der Waals surface area contributed by atoms with Crippen molar-refractivity contribution in [2.75, 3.05) is 11.9 Å². The summed E-state index contributed by atoms with van der Waals surface area (Å²) < 4.78 is 5.68. The van der Waals surface area contributed by atoms with Crippen molar-refractivity contribution in [3.05, 3.63) is 57.6 Å². The van der Waals surface area contributed by atoms with Crippen LogP contribution in [0.5, 0.6) is 5.75 Å². The lowest BCUT2D eigenvalue weighted by Crippen LogP contribution is -2.20. The lowest BCUT2D eigenvalue weighted by Gasteiger charge is -2.28. The van der Waals surface area contributed by atoms with Gasteiger partial charge >= 0.3 is 0 Å². The summed E-state index contributed by atoms with van der Waals surface area (Å²) in [7, 11) is 0. The molecule has 0 saturated heterocycles. The highest BCUT2D eigenvalue weighted by atomic mass is 35.5. The highest BCUT2D eigenvalue weighted by molar-refractivity contribution is 6.35. The Hall–Kier alpha value is -1.38. The zero-order valence-corrected chi connectivity index (χ0v) is 13.3. The quantitative estimate of drug-likeness (QED) is 0.806. The van der Waals surface area contributed by atoms with Crippen LogP contribution in [-0.2, 0) is 6.42 Å². The molecule has 0 saturated carbocycles. The number of benzene rings is 2. The Morgan fingerprint density at radius 3 is 2.67 bits per heavy atom. The van der Waals surface area contributed by atoms with E-state index in [1.54, 1.807) is 6.07 Å². The molecule has 1 N–H and O–H groups in total. The molecular formula is C17H17Cl2NO. The molecular weight excluding hydrogens is 305 g/mol. The largest absolute Gasteiger partial charge is 0.492 e. The Bertz CT molecular complexity index is 640. The maximum Gasteiger partial charge on any atom is 0.143 e. The van der Waals surface area contributed by atoms with Crippen molar-refractivity contribution in [1.29, 1.82) is 0 Å². The molecule has 1 aliphatic heterocycles. The van der Waals surface area contributed by atoms with Gasteiger partial charge < -0.3 is 10.1 Å². The third kappa shape index (κ3) is 3.12. The van der Waals surface area contributed by atoms with Gasteiger partial charge in [-0.25, -0.2) is 0 Å². The standard InChI is InChI=1S/C17H17Cl2NO/c1-2-11-3-5-13(6-4-11)20-16-7-8-21-17-14(16)9-12(18)10-15(17)19/h3-6,9-10,16,20H,2,7-8H2,1H3. The zero-order valence-electron chi connectivity index (χ0n) is 11.8. The van der Waals surface area contributed by atoms with Gasteiger partial charge in [-0.05, 0) is 36.2 Å². The van der Waals surface area contributed by atoms with Gasteiger partial charge in [0.1, 0.15) is 5.75 Å². The molecule has 0 fully saturated rings. The third-order valence-electron chi connectivity index (χ3n) is 3.77. The molecule has 1 atom stereocenters. The van der Waals surface area contributed by atoms with Gasteiger partial charge in [0.25, 0.3) is 0 Å². The highest BCUT2D eigenvalue weighted by Gasteiger charge is 2.24. The van der Waals surface area contributed by atoms with Crippen molar-refractivity contribution in [3.63, 3.8) is 0 Å². The molecule has 1 aliphatic rings. The summed E-state index contributed by atoms with van der Waals surface area (Å²) in [5.74, 6) is 0.745. The molecule has 1 unspecified atom stereocenters. The molecule has 1 heterocycles. The normalized spacial score (nSPS) is 17.0. The molecule has 110 valence electrons. The average Bonchev–Trinajstić information content (AvgIpc) is 2.49. The van der Waals surface area contributed by atoms with E-state index in [0.29, 0.717) is 16.7 Å².